The average Bonchev–Trinajstić information content (AvgIpc) is 3.00. The fraction of sp³-hybridized carbons (Fsp3) is 0.412. The van der Waals surface area contributed by atoms with Gasteiger partial charge < -0.3 is 20.7 Å². The molecule has 122 valence electrons. The van der Waals surface area contributed by atoms with Gasteiger partial charge in [0.25, 0.3) is 5.91 Å². The first-order chi connectivity index (χ1) is 11.0. The van der Waals surface area contributed by atoms with Crippen LogP contribution in [0.25, 0.3) is 10.9 Å². The molecule has 1 aromatic heterocycles. The highest BCUT2D eigenvalue weighted by atomic mass is 16.3. The fourth-order valence-corrected chi connectivity index (χ4v) is 3.12. The molecule has 1 atom stereocenters. The number of rotatable bonds is 4. The van der Waals surface area contributed by atoms with Crippen molar-refractivity contribution in [1.29, 1.82) is 0 Å². The highest BCUT2D eigenvalue weighted by Gasteiger charge is 2.39. The van der Waals surface area contributed by atoms with Crippen molar-refractivity contribution in [2.75, 3.05) is 13.1 Å². The van der Waals surface area contributed by atoms with Crippen LogP contribution in [0.4, 0.5) is 0 Å². The molecule has 2 aromatic rings. The van der Waals surface area contributed by atoms with Gasteiger partial charge in [-0.05, 0) is 48.4 Å². The Morgan fingerprint density at radius 2 is 2.17 bits per heavy atom. The van der Waals surface area contributed by atoms with E-state index in [0.29, 0.717) is 32.2 Å². The molecule has 23 heavy (non-hydrogen) atoms. The maximum Gasteiger partial charge on any atom is 0.251 e. The van der Waals surface area contributed by atoms with Crippen LogP contribution >= 0.6 is 0 Å². The number of aromatic nitrogens is 1. The van der Waals surface area contributed by atoms with Gasteiger partial charge in [-0.2, -0.15) is 0 Å². The Hall–Kier alpha value is -2.34. The van der Waals surface area contributed by atoms with E-state index >= 15 is 0 Å². The molecule has 0 bridgehead atoms. The van der Waals surface area contributed by atoms with Crippen molar-refractivity contribution < 1.29 is 14.7 Å². The van der Waals surface area contributed by atoms with Gasteiger partial charge in [0.1, 0.15) is 0 Å². The van der Waals surface area contributed by atoms with Crippen molar-refractivity contribution >= 4 is 22.7 Å². The Kier molecular flexibility index (Phi) is 4.09. The molecule has 2 amide bonds. The van der Waals surface area contributed by atoms with Gasteiger partial charge in [0.05, 0.1) is 6.54 Å². The molecule has 0 radical (unpaired) electrons. The summed E-state index contributed by atoms with van der Waals surface area (Å²) in [6.45, 7) is 0.559. The molecule has 2 heterocycles. The van der Waals surface area contributed by atoms with Crippen molar-refractivity contribution in [2.24, 2.45) is 5.73 Å². The van der Waals surface area contributed by atoms with Crippen LogP contribution in [0.15, 0.2) is 30.5 Å². The second kappa shape index (κ2) is 6.04. The number of carbonyl (C=O) groups is 2. The Balaban J connectivity index is 1.61. The normalized spacial score (nSPS) is 21.5. The van der Waals surface area contributed by atoms with Crippen molar-refractivity contribution in [1.82, 2.24) is 9.88 Å². The molecule has 1 fully saturated rings. The summed E-state index contributed by atoms with van der Waals surface area (Å²) in [5, 5.41) is 11.3. The average molecular weight is 315 g/mol. The molecule has 0 unspecified atom stereocenters. The van der Waals surface area contributed by atoms with E-state index in [1.807, 2.05) is 24.4 Å². The summed E-state index contributed by atoms with van der Waals surface area (Å²) in [5.41, 5.74) is 5.82. The smallest absolute Gasteiger partial charge is 0.251 e. The highest BCUT2D eigenvalue weighted by molar-refractivity contribution is 5.85. The number of aromatic amines is 1. The van der Waals surface area contributed by atoms with E-state index in [-0.39, 0.29) is 12.5 Å². The summed E-state index contributed by atoms with van der Waals surface area (Å²) in [6, 6.07) is 8.07. The summed E-state index contributed by atoms with van der Waals surface area (Å²) in [6.07, 6.45) is 3.77. The standard InChI is InChI=1S/C17H21N3O3/c18-16(22)17(23)7-1-9-20(11-17)15(21)5-3-12-2-4-14-13(10-12)6-8-19-14/h2,4,6,8,10,19,23H,1,3,5,7,9,11H2,(H2,18,22)/t17-/m1/s1. The lowest BCUT2D eigenvalue weighted by molar-refractivity contribution is -0.148. The molecule has 6 heteroatoms. The van der Waals surface area contributed by atoms with Gasteiger partial charge in [0.15, 0.2) is 5.60 Å². The number of hydrogen-bond acceptors (Lipinski definition) is 3. The minimum Gasteiger partial charge on any atom is -0.378 e. The van der Waals surface area contributed by atoms with Crippen molar-refractivity contribution in [2.45, 2.75) is 31.3 Å². The van der Waals surface area contributed by atoms with Crippen molar-refractivity contribution in [3.8, 4) is 0 Å². The van der Waals surface area contributed by atoms with E-state index in [9.17, 15) is 14.7 Å². The fourth-order valence-electron chi connectivity index (χ4n) is 3.12. The number of fused-ring (bicyclic) bond motifs is 1. The quantitative estimate of drug-likeness (QED) is 0.783. The number of hydrogen-bond donors (Lipinski definition) is 3. The lowest BCUT2D eigenvalue weighted by Gasteiger charge is -2.37. The Bertz CT molecular complexity index is 740. The largest absolute Gasteiger partial charge is 0.378 e. The first kappa shape index (κ1) is 15.6. The molecular formula is C17H21N3O3. The maximum atomic E-state index is 12.4. The van der Waals surface area contributed by atoms with Crippen molar-refractivity contribution in [3.63, 3.8) is 0 Å². The van der Waals surface area contributed by atoms with E-state index in [0.717, 1.165) is 16.5 Å². The van der Waals surface area contributed by atoms with Crippen LogP contribution in [0.5, 0.6) is 0 Å². The van der Waals surface area contributed by atoms with Crippen LogP contribution in [0, 0.1) is 0 Å². The molecule has 0 spiro atoms. The number of nitrogens with zero attached hydrogens (tertiary/aromatic N) is 1. The van der Waals surface area contributed by atoms with Gasteiger partial charge >= 0.3 is 0 Å². The molecule has 4 N–H and O–H groups in total. The number of carbonyl (C=O) groups excluding carboxylic acids is 2. The van der Waals surface area contributed by atoms with Gasteiger partial charge in [-0.3, -0.25) is 9.59 Å². The summed E-state index contributed by atoms with van der Waals surface area (Å²) < 4.78 is 0. The SMILES string of the molecule is NC(=O)[C@@]1(O)CCCN(C(=O)CCc2ccc3[nH]ccc3c2)C1. The van der Waals surface area contributed by atoms with Gasteiger partial charge in [-0.1, -0.05) is 6.07 Å². The van der Waals surface area contributed by atoms with Gasteiger partial charge in [-0.25, -0.2) is 0 Å². The predicted molar refractivity (Wildman–Crippen MR) is 86.6 cm³/mol. The first-order valence-corrected chi connectivity index (χ1v) is 7.84. The van der Waals surface area contributed by atoms with E-state index < -0.39 is 11.5 Å². The third-order valence-electron chi connectivity index (χ3n) is 4.53. The van der Waals surface area contributed by atoms with E-state index in [2.05, 4.69) is 11.1 Å². The monoisotopic (exact) mass is 315 g/mol. The highest BCUT2D eigenvalue weighted by Crippen LogP contribution is 2.22. The number of nitrogens with two attached hydrogens (primary N) is 1. The molecule has 1 saturated heterocycles. The summed E-state index contributed by atoms with van der Waals surface area (Å²) in [4.78, 5) is 28.4. The van der Waals surface area contributed by atoms with Crippen LogP contribution in [0.1, 0.15) is 24.8 Å². The van der Waals surface area contributed by atoms with Crippen LogP contribution < -0.4 is 5.73 Å². The van der Waals surface area contributed by atoms with E-state index in [1.165, 1.54) is 0 Å². The maximum absolute atomic E-state index is 12.4. The van der Waals surface area contributed by atoms with Gasteiger partial charge in [-0.15, -0.1) is 0 Å². The van der Waals surface area contributed by atoms with Gasteiger partial charge in [0, 0.05) is 24.7 Å². The summed E-state index contributed by atoms with van der Waals surface area (Å²) >= 11 is 0. The number of likely N-dealkylation sites (tertiary alicyclic amines) is 1. The number of amides is 2. The topological polar surface area (TPSA) is 99.4 Å². The summed E-state index contributed by atoms with van der Waals surface area (Å²) in [7, 11) is 0. The van der Waals surface area contributed by atoms with Crippen LogP contribution in [0.3, 0.4) is 0 Å². The van der Waals surface area contributed by atoms with E-state index in [1.54, 1.807) is 4.90 Å². The number of benzene rings is 1. The third-order valence-corrected chi connectivity index (χ3v) is 4.53. The van der Waals surface area contributed by atoms with Gasteiger partial charge in [0.2, 0.25) is 5.91 Å². The number of piperidine rings is 1. The predicted octanol–water partition coefficient (Wildman–Crippen LogP) is 0.939. The third kappa shape index (κ3) is 3.22. The van der Waals surface area contributed by atoms with Crippen LogP contribution in [-0.4, -0.2) is 45.5 Å². The molecule has 1 aromatic carbocycles. The molecular weight excluding hydrogens is 294 g/mol. The number of primary amides is 1. The minimum atomic E-state index is -1.59. The number of nitrogens with one attached hydrogen (secondary N) is 1. The molecule has 0 aliphatic carbocycles. The molecule has 1 aliphatic heterocycles. The Morgan fingerprint density at radius 3 is 2.96 bits per heavy atom. The number of aryl methyl sites for hydroxylation is 1. The molecule has 1 aliphatic rings. The lowest BCUT2D eigenvalue weighted by atomic mass is 9.92. The number of β-amino-alcohol motifs (C(OH)–C–C–N with tert-alkyl or cyclic N) is 1. The zero-order chi connectivity index (χ0) is 16.4. The zero-order valence-corrected chi connectivity index (χ0v) is 12.9. The van der Waals surface area contributed by atoms with E-state index in [4.69, 9.17) is 5.73 Å². The minimum absolute atomic E-state index is 0.00197. The zero-order valence-electron chi connectivity index (χ0n) is 12.9. The Morgan fingerprint density at radius 1 is 1.35 bits per heavy atom. The van der Waals surface area contributed by atoms with Crippen molar-refractivity contribution in [3.05, 3.63) is 36.0 Å². The molecule has 0 saturated carbocycles. The number of aliphatic hydroxyl groups is 1. The molecule has 3 rings (SSSR count). The lowest BCUT2D eigenvalue weighted by Crippen LogP contribution is -2.57. The second-order valence-corrected chi connectivity index (χ2v) is 6.21. The molecule has 6 nitrogen and oxygen atoms in total. The number of H-pyrrole nitrogens is 1. The Labute approximate surface area is 134 Å². The first-order valence-electron chi connectivity index (χ1n) is 7.84. The van der Waals surface area contributed by atoms with Crippen LogP contribution in [0.2, 0.25) is 0 Å². The van der Waals surface area contributed by atoms with Crippen LogP contribution in [-0.2, 0) is 16.0 Å². The summed E-state index contributed by atoms with van der Waals surface area (Å²) in [5.74, 6) is -0.813. The second-order valence-electron chi connectivity index (χ2n) is 6.21.